The summed E-state index contributed by atoms with van der Waals surface area (Å²) in [4.78, 5) is 29.5. The highest BCUT2D eigenvalue weighted by atomic mass is 16.2. The van der Waals surface area contributed by atoms with E-state index in [1.165, 1.54) is 11.0 Å². The fraction of sp³-hybridized carbons (Fsp3) is 0.333. The van der Waals surface area contributed by atoms with E-state index in [1.807, 2.05) is 24.3 Å². The molecule has 7 heteroatoms. The number of amides is 2. The molecule has 2 aromatic rings. The highest BCUT2D eigenvalue weighted by molar-refractivity contribution is 5.95. The van der Waals surface area contributed by atoms with Gasteiger partial charge >= 0.3 is 0 Å². The second-order valence-corrected chi connectivity index (χ2v) is 5.29. The molecule has 2 heterocycles. The summed E-state index contributed by atoms with van der Waals surface area (Å²) >= 11 is 0. The summed E-state index contributed by atoms with van der Waals surface area (Å²) in [5.41, 5.74) is 1.70. The monoisotopic (exact) mass is 299 g/mol. The van der Waals surface area contributed by atoms with E-state index >= 15 is 0 Å². The van der Waals surface area contributed by atoms with E-state index < -0.39 is 0 Å². The summed E-state index contributed by atoms with van der Waals surface area (Å²) in [5.74, 6) is 0.244. The topological polar surface area (TPSA) is 80.1 Å². The van der Waals surface area contributed by atoms with Gasteiger partial charge in [-0.1, -0.05) is 12.1 Å². The molecule has 7 nitrogen and oxygen atoms in total. The third-order valence-corrected chi connectivity index (χ3v) is 3.51. The lowest BCUT2D eigenvalue weighted by molar-refractivity contribution is -0.117. The van der Waals surface area contributed by atoms with Crippen LogP contribution in [-0.4, -0.2) is 33.1 Å². The van der Waals surface area contributed by atoms with Gasteiger partial charge in [-0.2, -0.15) is 0 Å². The number of carbonyl (C=O) groups is 2. The molecule has 0 radical (unpaired) electrons. The van der Waals surface area contributed by atoms with Crippen molar-refractivity contribution in [2.75, 3.05) is 16.8 Å². The van der Waals surface area contributed by atoms with Crippen LogP contribution in [0.5, 0.6) is 0 Å². The Labute approximate surface area is 127 Å². The quantitative estimate of drug-likeness (QED) is 0.917. The molecule has 0 atom stereocenters. The molecule has 3 rings (SSSR count). The Morgan fingerprint density at radius 1 is 1.41 bits per heavy atom. The van der Waals surface area contributed by atoms with Crippen molar-refractivity contribution in [3.8, 4) is 0 Å². The van der Waals surface area contributed by atoms with Gasteiger partial charge in [-0.05, 0) is 24.1 Å². The first-order valence-electron chi connectivity index (χ1n) is 7.16. The number of nitrogens with one attached hydrogen (secondary N) is 1. The zero-order valence-corrected chi connectivity index (χ0v) is 12.3. The molecule has 22 heavy (non-hydrogen) atoms. The highest BCUT2D eigenvalue weighted by Gasteiger charge is 2.21. The Hall–Kier alpha value is -2.70. The van der Waals surface area contributed by atoms with E-state index in [0.29, 0.717) is 12.4 Å². The Morgan fingerprint density at radius 2 is 2.27 bits per heavy atom. The van der Waals surface area contributed by atoms with Crippen LogP contribution in [-0.2, 0) is 23.1 Å². The Morgan fingerprint density at radius 3 is 2.95 bits per heavy atom. The maximum atomic E-state index is 12.0. The molecule has 1 aliphatic rings. The second kappa shape index (κ2) is 5.97. The number of benzene rings is 1. The van der Waals surface area contributed by atoms with Crippen molar-refractivity contribution in [3.05, 3.63) is 36.2 Å². The van der Waals surface area contributed by atoms with Crippen LogP contribution in [0.25, 0.3) is 0 Å². The number of nitrogens with zero attached hydrogens (tertiary/aromatic N) is 4. The Balaban J connectivity index is 1.67. The molecule has 1 saturated heterocycles. The van der Waals surface area contributed by atoms with Gasteiger partial charge in [-0.15, -0.1) is 5.10 Å². The van der Waals surface area contributed by atoms with Crippen LogP contribution in [0, 0.1) is 0 Å². The van der Waals surface area contributed by atoms with Crippen molar-refractivity contribution in [1.82, 2.24) is 14.8 Å². The summed E-state index contributed by atoms with van der Waals surface area (Å²) < 4.78 is 1.52. The van der Waals surface area contributed by atoms with E-state index in [0.717, 1.165) is 24.2 Å². The average molecular weight is 299 g/mol. The third kappa shape index (κ3) is 3.13. The summed E-state index contributed by atoms with van der Waals surface area (Å²) in [6.45, 7) is 0.742. The van der Waals surface area contributed by atoms with Crippen LogP contribution in [0.15, 0.2) is 30.6 Å². The number of aromatic nitrogens is 3. The van der Waals surface area contributed by atoms with Gasteiger partial charge in [0.2, 0.25) is 17.8 Å². The first-order chi connectivity index (χ1) is 10.6. The lowest BCUT2D eigenvalue weighted by Gasteiger charge is -2.16. The first-order valence-corrected chi connectivity index (χ1v) is 7.16. The van der Waals surface area contributed by atoms with Gasteiger partial charge < -0.3 is 4.90 Å². The SMILES string of the molecule is Cn1cnc(NC(=O)Cc2cccc(N3CCCC3=O)c2)n1. The van der Waals surface area contributed by atoms with Crippen molar-refractivity contribution in [2.45, 2.75) is 19.3 Å². The van der Waals surface area contributed by atoms with Gasteiger partial charge in [0.25, 0.3) is 0 Å². The van der Waals surface area contributed by atoms with Gasteiger partial charge in [0.1, 0.15) is 6.33 Å². The van der Waals surface area contributed by atoms with Crippen LogP contribution in [0.2, 0.25) is 0 Å². The Kier molecular flexibility index (Phi) is 3.86. The van der Waals surface area contributed by atoms with Crippen molar-refractivity contribution in [2.24, 2.45) is 7.05 Å². The predicted molar refractivity (Wildman–Crippen MR) is 81.4 cm³/mol. The van der Waals surface area contributed by atoms with E-state index in [4.69, 9.17) is 0 Å². The molecule has 0 unspecified atom stereocenters. The zero-order chi connectivity index (χ0) is 15.5. The predicted octanol–water partition coefficient (Wildman–Crippen LogP) is 1.12. The van der Waals surface area contributed by atoms with Crippen molar-refractivity contribution in [1.29, 1.82) is 0 Å². The van der Waals surface area contributed by atoms with Gasteiger partial charge in [-0.3, -0.25) is 19.6 Å². The largest absolute Gasteiger partial charge is 0.312 e. The third-order valence-electron chi connectivity index (χ3n) is 3.51. The number of hydrogen-bond donors (Lipinski definition) is 1. The second-order valence-electron chi connectivity index (χ2n) is 5.29. The summed E-state index contributed by atoms with van der Waals surface area (Å²) in [6, 6.07) is 7.51. The van der Waals surface area contributed by atoms with Crippen LogP contribution in [0.1, 0.15) is 18.4 Å². The Bertz CT molecular complexity index is 709. The molecule has 114 valence electrons. The smallest absolute Gasteiger partial charge is 0.248 e. The summed E-state index contributed by atoms with van der Waals surface area (Å²) in [6.07, 6.45) is 3.22. The molecule has 0 spiro atoms. The number of anilines is 2. The zero-order valence-electron chi connectivity index (χ0n) is 12.3. The number of rotatable bonds is 4. The van der Waals surface area contributed by atoms with Crippen molar-refractivity contribution in [3.63, 3.8) is 0 Å². The molecular weight excluding hydrogens is 282 g/mol. The number of aryl methyl sites for hydroxylation is 1. The molecule has 1 fully saturated rings. The lowest BCUT2D eigenvalue weighted by Crippen LogP contribution is -2.24. The van der Waals surface area contributed by atoms with Crippen LogP contribution >= 0.6 is 0 Å². The molecule has 1 aromatic heterocycles. The standard InChI is InChI=1S/C15H17N5O2/c1-19-10-16-15(18-19)17-13(21)9-11-4-2-5-12(8-11)20-7-3-6-14(20)22/h2,4-5,8,10H,3,6-7,9H2,1H3,(H,17,18,21). The first kappa shape index (κ1) is 14.2. The lowest BCUT2D eigenvalue weighted by atomic mass is 10.1. The normalized spacial score (nSPS) is 14.4. The molecule has 0 saturated carbocycles. The number of carbonyl (C=O) groups excluding carboxylic acids is 2. The molecule has 1 N–H and O–H groups in total. The van der Waals surface area contributed by atoms with E-state index in [-0.39, 0.29) is 18.2 Å². The van der Waals surface area contributed by atoms with Crippen LogP contribution < -0.4 is 10.2 Å². The van der Waals surface area contributed by atoms with Crippen LogP contribution in [0.3, 0.4) is 0 Å². The fourth-order valence-electron chi connectivity index (χ4n) is 2.51. The van der Waals surface area contributed by atoms with E-state index in [9.17, 15) is 9.59 Å². The minimum Gasteiger partial charge on any atom is -0.312 e. The van der Waals surface area contributed by atoms with Gasteiger partial charge in [0, 0.05) is 25.7 Å². The van der Waals surface area contributed by atoms with Crippen LogP contribution in [0.4, 0.5) is 11.6 Å². The molecule has 1 aliphatic heterocycles. The van der Waals surface area contributed by atoms with E-state index in [2.05, 4.69) is 15.4 Å². The molecule has 0 bridgehead atoms. The minimum absolute atomic E-state index is 0.138. The minimum atomic E-state index is -0.184. The molecule has 2 amide bonds. The maximum absolute atomic E-state index is 12.0. The molecule has 1 aromatic carbocycles. The van der Waals surface area contributed by atoms with E-state index in [1.54, 1.807) is 11.9 Å². The molecule has 0 aliphatic carbocycles. The number of hydrogen-bond acceptors (Lipinski definition) is 4. The highest BCUT2D eigenvalue weighted by Crippen LogP contribution is 2.22. The van der Waals surface area contributed by atoms with Gasteiger partial charge in [0.05, 0.1) is 6.42 Å². The fourth-order valence-corrected chi connectivity index (χ4v) is 2.51. The van der Waals surface area contributed by atoms with Gasteiger partial charge in [0.15, 0.2) is 0 Å². The van der Waals surface area contributed by atoms with Gasteiger partial charge in [-0.25, -0.2) is 4.98 Å². The molecular formula is C15H17N5O2. The maximum Gasteiger partial charge on any atom is 0.248 e. The van der Waals surface area contributed by atoms with Crippen molar-refractivity contribution < 1.29 is 9.59 Å². The van der Waals surface area contributed by atoms with Crippen molar-refractivity contribution >= 4 is 23.5 Å². The average Bonchev–Trinajstić information content (AvgIpc) is 3.07. The summed E-state index contributed by atoms with van der Waals surface area (Å²) in [5, 5.41) is 6.65. The summed E-state index contributed by atoms with van der Waals surface area (Å²) in [7, 11) is 1.74.